The number of aryl methyl sites for hydroxylation is 2. The molecule has 0 aliphatic carbocycles. The summed E-state index contributed by atoms with van der Waals surface area (Å²) in [6.45, 7) is 7.79. The van der Waals surface area contributed by atoms with E-state index in [-0.39, 0.29) is 5.88 Å². The summed E-state index contributed by atoms with van der Waals surface area (Å²) in [5, 5.41) is 19.6. The number of aliphatic imine (C=N–C) groups is 1. The Hall–Kier alpha value is -2.68. The molecule has 1 aliphatic rings. The van der Waals surface area contributed by atoms with Crippen LogP contribution in [0.25, 0.3) is 10.2 Å². The molecule has 4 rings (SSSR count). The maximum atomic E-state index is 12.7. The average Bonchev–Trinajstić information content (AvgIpc) is 3.25. The van der Waals surface area contributed by atoms with Crippen LogP contribution >= 0.6 is 11.3 Å². The highest BCUT2D eigenvalue weighted by Gasteiger charge is 2.22. The number of thiophene rings is 1. The number of piperidine rings is 1. The molecule has 8 nitrogen and oxygen atoms in total. The number of nitrogen functional groups attached to an aromatic ring is 1. The van der Waals surface area contributed by atoms with Gasteiger partial charge in [0, 0.05) is 17.0 Å². The van der Waals surface area contributed by atoms with E-state index in [0.29, 0.717) is 10.6 Å². The highest BCUT2D eigenvalue weighted by molar-refractivity contribution is 7.21. The summed E-state index contributed by atoms with van der Waals surface area (Å²) in [7, 11) is 0. The molecular weight excluding hydrogens is 364 g/mol. The molecule has 0 amide bonds. The van der Waals surface area contributed by atoms with Crippen LogP contribution in [0.1, 0.15) is 41.0 Å². The van der Waals surface area contributed by atoms with E-state index in [1.165, 1.54) is 17.8 Å². The standard InChI is InChI=1S/C18H22N6O2S/c1-10-11(2)14-15(19)16(27-18(14)20-12(10)3)17(25)21-13-9-24(22-26-13)23-7-5-4-6-8-23/h9H,4-8H2,1-3H3,(H2-,19,21,22,25). The van der Waals surface area contributed by atoms with Crippen molar-refractivity contribution in [2.75, 3.05) is 23.8 Å². The molecule has 1 aliphatic heterocycles. The van der Waals surface area contributed by atoms with Crippen LogP contribution < -0.4 is 20.6 Å². The van der Waals surface area contributed by atoms with Crippen molar-refractivity contribution in [1.29, 1.82) is 0 Å². The fourth-order valence-corrected chi connectivity index (χ4v) is 4.46. The predicted octanol–water partition coefficient (Wildman–Crippen LogP) is 1.64. The number of pyridine rings is 1. The molecule has 0 unspecified atom stereocenters. The molecular formula is C18H22N6O2S. The van der Waals surface area contributed by atoms with Crippen LogP contribution in [0.15, 0.2) is 15.7 Å². The van der Waals surface area contributed by atoms with Gasteiger partial charge in [-0.2, -0.15) is 5.01 Å². The van der Waals surface area contributed by atoms with Gasteiger partial charge in [-0.1, -0.05) is 0 Å². The zero-order valence-electron chi connectivity index (χ0n) is 15.7. The van der Waals surface area contributed by atoms with Crippen molar-refractivity contribution in [3.05, 3.63) is 27.9 Å². The predicted molar refractivity (Wildman–Crippen MR) is 103 cm³/mol. The Morgan fingerprint density at radius 1 is 1.26 bits per heavy atom. The summed E-state index contributed by atoms with van der Waals surface area (Å²) in [6.07, 6.45) is 5.09. The molecule has 0 spiro atoms. The molecule has 3 aromatic rings. The van der Waals surface area contributed by atoms with Gasteiger partial charge in [0.2, 0.25) is 5.27 Å². The first-order valence-electron chi connectivity index (χ1n) is 9.01. The third kappa shape index (κ3) is 3.12. The van der Waals surface area contributed by atoms with Gasteiger partial charge < -0.3 is 10.8 Å². The summed E-state index contributed by atoms with van der Waals surface area (Å²) in [4.78, 5) is 11.4. The molecule has 0 aromatic carbocycles. The van der Waals surface area contributed by atoms with Gasteiger partial charge >= 0.3 is 5.88 Å². The quantitative estimate of drug-likeness (QED) is 0.416. The molecule has 9 heteroatoms. The van der Waals surface area contributed by atoms with E-state index in [1.807, 2.05) is 20.8 Å². The maximum absolute atomic E-state index is 12.7. The molecule has 0 saturated carbocycles. The number of nitrogens with two attached hydrogens (primary N) is 1. The summed E-state index contributed by atoms with van der Waals surface area (Å²) in [5.74, 6) is -0.272. The van der Waals surface area contributed by atoms with Gasteiger partial charge in [0.05, 0.1) is 28.4 Å². The van der Waals surface area contributed by atoms with Crippen LogP contribution in [0.5, 0.6) is 0 Å². The van der Waals surface area contributed by atoms with E-state index in [0.717, 1.165) is 53.0 Å². The lowest BCUT2D eigenvalue weighted by Gasteiger charge is -2.17. The van der Waals surface area contributed by atoms with Gasteiger partial charge in [-0.3, -0.25) is 4.52 Å². The van der Waals surface area contributed by atoms with Gasteiger partial charge in [0.15, 0.2) is 0 Å². The van der Waals surface area contributed by atoms with E-state index in [9.17, 15) is 5.11 Å². The number of anilines is 1. The fraction of sp³-hybridized carbons (Fsp3) is 0.444. The third-order valence-corrected chi connectivity index (χ3v) is 6.24. The monoisotopic (exact) mass is 386 g/mol. The summed E-state index contributed by atoms with van der Waals surface area (Å²) in [6, 6.07) is 0. The molecule has 4 heterocycles. The number of rotatable bonds is 3. The van der Waals surface area contributed by atoms with E-state index >= 15 is 0 Å². The minimum absolute atomic E-state index is 0.166. The van der Waals surface area contributed by atoms with Crippen LogP contribution in [0, 0.1) is 20.8 Å². The third-order valence-electron chi connectivity index (χ3n) is 5.15. The Bertz CT molecular complexity index is 1030. The van der Waals surface area contributed by atoms with Crippen LogP contribution in [0.3, 0.4) is 0 Å². The molecule has 2 N–H and O–H groups in total. The Morgan fingerprint density at radius 3 is 2.74 bits per heavy atom. The highest BCUT2D eigenvalue weighted by atomic mass is 32.1. The number of aromatic nitrogens is 3. The number of hydrogen-bond acceptors (Lipinski definition) is 8. The van der Waals surface area contributed by atoms with Gasteiger partial charge in [0.1, 0.15) is 4.83 Å². The maximum Gasteiger partial charge on any atom is 0.324 e. The lowest BCUT2D eigenvalue weighted by molar-refractivity contribution is -0.759. The SMILES string of the molecule is Cc1nc2sc(/C([O-])=N/c3c[n+](N4CCCCC4)no3)c(N)c2c(C)c1C. The van der Waals surface area contributed by atoms with E-state index in [2.05, 4.69) is 20.3 Å². The van der Waals surface area contributed by atoms with Crippen molar-refractivity contribution in [3.8, 4) is 0 Å². The molecule has 0 bridgehead atoms. The largest absolute Gasteiger partial charge is 0.857 e. The smallest absolute Gasteiger partial charge is 0.324 e. The van der Waals surface area contributed by atoms with Crippen molar-refractivity contribution in [1.82, 2.24) is 10.3 Å². The Balaban J connectivity index is 1.68. The summed E-state index contributed by atoms with van der Waals surface area (Å²) < 4.78 is 5.22. The van der Waals surface area contributed by atoms with Crippen molar-refractivity contribution in [3.63, 3.8) is 0 Å². The first-order chi connectivity index (χ1) is 13.0. The molecule has 0 atom stereocenters. The van der Waals surface area contributed by atoms with Gasteiger partial charge in [-0.25, -0.2) is 9.98 Å². The van der Waals surface area contributed by atoms with Gasteiger partial charge in [0.25, 0.3) is 6.20 Å². The first-order valence-corrected chi connectivity index (χ1v) is 9.83. The lowest BCUT2D eigenvalue weighted by Crippen LogP contribution is -2.60. The first kappa shape index (κ1) is 17.7. The Kier molecular flexibility index (Phi) is 4.47. The second kappa shape index (κ2) is 6.80. The molecule has 1 fully saturated rings. The summed E-state index contributed by atoms with van der Waals surface area (Å²) >= 11 is 1.26. The number of fused-ring (bicyclic) bond motifs is 1. The highest BCUT2D eigenvalue weighted by Crippen LogP contribution is 2.36. The number of nitrogens with zero attached hydrogens (tertiary/aromatic N) is 5. The van der Waals surface area contributed by atoms with E-state index in [1.54, 1.807) is 11.0 Å². The Labute approximate surface area is 160 Å². The number of hydrogen-bond donors (Lipinski definition) is 1. The Morgan fingerprint density at radius 2 is 2.00 bits per heavy atom. The van der Waals surface area contributed by atoms with Crippen LogP contribution in [-0.4, -0.2) is 29.2 Å². The average molecular weight is 386 g/mol. The van der Waals surface area contributed by atoms with Crippen LogP contribution in [0.4, 0.5) is 11.6 Å². The van der Waals surface area contributed by atoms with Crippen LogP contribution in [-0.2, 0) is 0 Å². The minimum atomic E-state index is -0.438. The second-order valence-corrected chi connectivity index (χ2v) is 7.86. The lowest BCUT2D eigenvalue weighted by atomic mass is 10.1. The topological polar surface area (TPSA) is 107 Å². The van der Waals surface area contributed by atoms with Crippen molar-refractivity contribution in [2.24, 2.45) is 4.99 Å². The second-order valence-electron chi connectivity index (χ2n) is 6.86. The van der Waals surface area contributed by atoms with Crippen molar-refractivity contribution < 1.29 is 14.4 Å². The molecule has 0 radical (unpaired) electrons. The van der Waals surface area contributed by atoms with Crippen LogP contribution in [0.2, 0.25) is 0 Å². The van der Waals surface area contributed by atoms with Crippen molar-refractivity contribution in [2.45, 2.75) is 40.0 Å². The van der Waals surface area contributed by atoms with Crippen molar-refractivity contribution >= 4 is 39.0 Å². The van der Waals surface area contributed by atoms with Gasteiger partial charge in [-0.05, 0) is 51.2 Å². The molecule has 3 aromatic heterocycles. The molecule has 142 valence electrons. The zero-order valence-corrected chi connectivity index (χ0v) is 16.5. The van der Waals surface area contributed by atoms with E-state index < -0.39 is 5.90 Å². The minimum Gasteiger partial charge on any atom is -0.857 e. The normalized spacial score (nSPS) is 15.7. The fourth-order valence-electron chi connectivity index (χ4n) is 3.37. The van der Waals surface area contributed by atoms with Gasteiger partial charge in [-0.15, -0.1) is 11.3 Å². The summed E-state index contributed by atoms with van der Waals surface area (Å²) in [5.41, 5.74) is 9.77. The molecule has 27 heavy (non-hydrogen) atoms. The molecule has 1 saturated heterocycles. The zero-order chi connectivity index (χ0) is 19.1. The van der Waals surface area contributed by atoms with E-state index in [4.69, 9.17) is 10.3 Å².